The fourth-order valence-electron chi connectivity index (χ4n) is 4.25. The van der Waals surface area contributed by atoms with Gasteiger partial charge in [0.05, 0.1) is 28.6 Å². The van der Waals surface area contributed by atoms with Crippen molar-refractivity contribution in [3.8, 4) is 0 Å². The van der Waals surface area contributed by atoms with Crippen molar-refractivity contribution in [2.45, 2.75) is 25.2 Å². The maximum absolute atomic E-state index is 13.9. The summed E-state index contributed by atoms with van der Waals surface area (Å²) in [5.74, 6) is 0.0956. The maximum Gasteiger partial charge on any atom is 0.416 e. The molecule has 1 N–H and O–H groups in total. The van der Waals surface area contributed by atoms with E-state index in [0.29, 0.717) is 31.0 Å². The molecule has 0 spiro atoms. The van der Waals surface area contributed by atoms with Crippen molar-refractivity contribution in [3.63, 3.8) is 0 Å². The number of hydrogen-bond donors (Lipinski definition) is 1. The molecule has 1 amide bonds. The Hall–Kier alpha value is -4.47. The number of amides is 1. The minimum Gasteiger partial charge on any atom is -0.340 e. The summed E-state index contributed by atoms with van der Waals surface area (Å²) in [6, 6.07) is 16.5. The highest BCUT2D eigenvalue weighted by molar-refractivity contribution is 5.94. The van der Waals surface area contributed by atoms with Gasteiger partial charge < -0.3 is 14.5 Å². The van der Waals surface area contributed by atoms with Crippen LogP contribution in [0.15, 0.2) is 91.6 Å². The average Bonchev–Trinajstić information content (AvgIpc) is 3.58. The first-order valence-corrected chi connectivity index (χ1v) is 11.7. The van der Waals surface area contributed by atoms with E-state index in [2.05, 4.69) is 15.0 Å². The average molecular weight is 505 g/mol. The van der Waals surface area contributed by atoms with Crippen molar-refractivity contribution in [2.24, 2.45) is 0 Å². The molecule has 1 atom stereocenters. The number of imidazole rings is 2. The molecule has 5 rings (SSSR count). The van der Waals surface area contributed by atoms with Crippen LogP contribution in [0.4, 0.5) is 13.2 Å². The number of halogens is 3. The molecule has 0 saturated carbocycles. The van der Waals surface area contributed by atoms with E-state index in [1.807, 2.05) is 41.1 Å². The summed E-state index contributed by atoms with van der Waals surface area (Å²) >= 11 is 0. The molecule has 0 bridgehead atoms. The zero-order valence-electron chi connectivity index (χ0n) is 19.6. The number of nitrogens with one attached hydrogen (secondary N) is 1. The Morgan fingerprint density at radius 1 is 1.00 bits per heavy atom. The molecule has 37 heavy (non-hydrogen) atoms. The minimum absolute atomic E-state index is 0.146. The molecule has 3 heterocycles. The summed E-state index contributed by atoms with van der Waals surface area (Å²) in [6.07, 6.45) is 2.92. The number of pyridine rings is 1. The van der Waals surface area contributed by atoms with Crippen molar-refractivity contribution in [1.82, 2.24) is 29.4 Å². The SMILES string of the molecule is O=C(c1ccc(C(F)(F)F)cc1)N(CCCn1ccnc1)C(c1ccccn1)c1nc2ccccc2[nH]1. The van der Waals surface area contributed by atoms with E-state index in [-0.39, 0.29) is 5.56 Å². The summed E-state index contributed by atoms with van der Waals surface area (Å²) < 4.78 is 41.3. The molecule has 2 aromatic carbocycles. The van der Waals surface area contributed by atoms with Crippen LogP contribution in [0.25, 0.3) is 11.0 Å². The Morgan fingerprint density at radius 3 is 2.46 bits per heavy atom. The maximum atomic E-state index is 13.9. The van der Waals surface area contributed by atoms with Crippen molar-refractivity contribution >= 4 is 16.9 Å². The Bertz CT molecular complexity index is 1430. The van der Waals surface area contributed by atoms with Gasteiger partial charge in [0.25, 0.3) is 5.91 Å². The van der Waals surface area contributed by atoms with Gasteiger partial charge in [-0.05, 0) is 55.0 Å². The van der Waals surface area contributed by atoms with Crippen LogP contribution in [0.3, 0.4) is 0 Å². The number of aryl methyl sites for hydroxylation is 1. The zero-order valence-corrected chi connectivity index (χ0v) is 19.6. The van der Waals surface area contributed by atoms with Crippen molar-refractivity contribution < 1.29 is 18.0 Å². The van der Waals surface area contributed by atoms with E-state index >= 15 is 0 Å². The van der Waals surface area contributed by atoms with Gasteiger partial charge in [-0.25, -0.2) is 9.97 Å². The molecule has 10 heteroatoms. The number of fused-ring (bicyclic) bond motifs is 1. The number of aromatic nitrogens is 5. The lowest BCUT2D eigenvalue weighted by Gasteiger charge is -2.30. The predicted octanol–water partition coefficient (Wildman–Crippen LogP) is 5.50. The van der Waals surface area contributed by atoms with Gasteiger partial charge >= 0.3 is 6.18 Å². The molecule has 0 radical (unpaired) electrons. The van der Waals surface area contributed by atoms with Crippen LogP contribution in [0, 0.1) is 0 Å². The van der Waals surface area contributed by atoms with Crippen LogP contribution in [0.5, 0.6) is 0 Å². The van der Waals surface area contributed by atoms with E-state index < -0.39 is 23.7 Å². The molecule has 0 aliphatic rings. The van der Waals surface area contributed by atoms with Gasteiger partial charge in [-0.1, -0.05) is 18.2 Å². The first kappa shape index (κ1) is 24.2. The van der Waals surface area contributed by atoms with Crippen LogP contribution in [-0.2, 0) is 12.7 Å². The highest BCUT2D eigenvalue weighted by Crippen LogP contribution is 2.31. The molecular formula is C27H23F3N6O. The monoisotopic (exact) mass is 504 g/mol. The number of alkyl halides is 3. The van der Waals surface area contributed by atoms with E-state index in [0.717, 1.165) is 23.2 Å². The second kappa shape index (κ2) is 10.3. The summed E-state index contributed by atoms with van der Waals surface area (Å²) in [7, 11) is 0. The number of H-pyrrole nitrogens is 1. The molecule has 1 unspecified atom stereocenters. The number of nitrogens with zero attached hydrogens (tertiary/aromatic N) is 5. The number of carbonyl (C=O) groups excluding carboxylic acids is 1. The first-order chi connectivity index (χ1) is 17.9. The Kier molecular flexibility index (Phi) is 6.72. The topological polar surface area (TPSA) is 79.7 Å². The second-order valence-corrected chi connectivity index (χ2v) is 8.52. The first-order valence-electron chi connectivity index (χ1n) is 11.7. The highest BCUT2D eigenvalue weighted by Gasteiger charge is 2.33. The molecule has 7 nitrogen and oxygen atoms in total. The van der Waals surface area contributed by atoms with Crippen LogP contribution in [0.2, 0.25) is 0 Å². The third kappa shape index (κ3) is 5.37. The third-order valence-electron chi connectivity index (χ3n) is 6.04. The molecular weight excluding hydrogens is 481 g/mol. The van der Waals surface area contributed by atoms with Gasteiger partial charge in [0.15, 0.2) is 0 Å². The van der Waals surface area contributed by atoms with Gasteiger partial charge in [-0.15, -0.1) is 0 Å². The number of rotatable bonds is 8. The summed E-state index contributed by atoms with van der Waals surface area (Å²) in [4.78, 5) is 32.1. The van der Waals surface area contributed by atoms with Crippen LogP contribution in [-0.4, -0.2) is 41.9 Å². The molecule has 0 saturated heterocycles. The van der Waals surface area contributed by atoms with E-state index in [9.17, 15) is 18.0 Å². The van der Waals surface area contributed by atoms with Crippen LogP contribution in [0.1, 0.15) is 39.9 Å². The summed E-state index contributed by atoms with van der Waals surface area (Å²) in [5, 5.41) is 0. The Balaban J connectivity index is 1.55. The highest BCUT2D eigenvalue weighted by atomic mass is 19.4. The van der Waals surface area contributed by atoms with Crippen LogP contribution >= 0.6 is 0 Å². The smallest absolute Gasteiger partial charge is 0.340 e. The molecule has 3 aromatic heterocycles. The molecule has 0 fully saturated rings. The minimum atomic E-state index is -4.49. The molecule has 0 aliphatic heterocycles. The Morgan fingerprint density at radius 2 is 1.78 bits per heavy atom. The van der Waals surface area contributed by atoms with Crippen molar-refractivity contribution in [2.75, 3.05) is 6.54 Å². The fraction of sp³-hybridized carbons (Fsp3) is 0.185. The van der Waals surface area contributed by atoms with Gasteiger partial charge in [0.2, 0.25) is 0 Å². The van der Waals surface area contributed by atoms with Gasteiger partial charge in [-0.3, -0.25) is 9.78 Å². The fourth-order valence-corrected chi connectivity index (χ4v) is 4.25. The van der Waals surface area contributed by atoms with E-state index in [1.165, 1.54) is 12.1 Å². The number of para-hydroxylation sites is 2. The quantitative estimate of drug-likeness (QED) is 0.303. The standard InChI is InChI=1S/C27H23F3N6O/c28-27(29,30)20-11-9-19(10-12-20)26(37)36(16-5-15-35-17-14-31-18-35)24(23-8-3-4-13-32-23)25-33-21-6-1-2-7-22(21)34-25/h1-4,6-14,17-18,24H,5,15-16H2,(H,33,34). The molecule has 188 valence electrons. The number of hydrogen-bond acceptors (Lipinski definition) is 4. The van der Waals surface area contributed by atoms with Crippen LogP contribution < -0.4 is 0 Å². The van der Waals surface area contributed by atoms with Gasteiger partial charge in [-0.2, -0.15) is 13.2 Å². The normalized spacial score (nSPS) is 12.5. The van der Waals surface area contributed by atoms with E-state index in [1.54, 1.807) is 35.8 Å². The van der Waals surface area contributed by atoms with Gasteiger partial charge in [0.1, 0.15) is 11.9 Å². The Labute approximate surface area is 210 Å². The summed E-state index contributed by atoms with van der Waals surface area (Å²) in [6.45, 7) is 0.905. The second-order valence-electron chi connectivity index (χ2n) is 8.52. The van der Waals surface area contributed by atoms with Crippen molar-refractivity contribution in [1.29, 1.82) is 0 Å². The largest absolute Gasteiger partial charge is 0.416 e. The number of aromatic amines is 1. The van der Waals surface area contributed by atoms with E-state index in [4.69, 9.17) is 4.98 Å². The number of benzene rings is 2. The predicted molar refractivity (Wildman–Crippen MR) is 131 cm³/mol. The lowest BCUT2D eigenvalue weighted by Crippen LogP contribution is -2.37. The third-order valence-corrected chi connectivity index (χ3v) is 6.04. The lowest BCUT2D eigenvalue weighted by molar-refractivity contribution is -0.137. The molecule has 0 aliphatic carbocycles. The molecule has 5 aromatic rings. The lowest BCUT2D eigenvalue weighted by atomic mass is 10.1. The zero-order chi connectivity index (χ0) is 25.8. The number of carbonyl (C=O) groups is 1. The summed E-state index contributed by atoms with van der Waals surface area (Å²) in [5.41, 5.74) is 1.46. The van der Waals surface area contributed by atoms with Gasteiger partial charge in [0, 0.05) is 37.2 Å². The van der Waals surface area contributed by atoms with Crippen molar-refractivity contribution in [3.05, 3.63) is 114 Å².